The largest absolute Gasteiger partial charge is 0.478 e. The van der Waals surface area contributed by atoms with E-state index in [-0.39, 0.29) is 5.56 Å². The van der Waals surface area contributed by atoms with E-state index in [1.165, 1.54) is 6.07 Å². The van der Waals surface area contributed by atoms with Gasteiger partial charge < -0.3 is 10.4 Å². The van der Waals surface area contributed by atoms with Crippen molar-refractivity contribution in [3.8, 4) is 0 Å². The summed E-state index contributed by atoms with van der Waals surface area (Å²) in [5, 5.41) is 12.3. The van der Waals surface area contributed by atoms with E-state index in [0.717, 1.165) is 16.8 Å². The fourth-order valence-corrected chi connectivity index (χ4v) is 2.16. The van der Waals surface area contributed by atoms with Gasteiger partial charge in [0, 0.05) is 16.4 Å². The monoisotopic (exact) mass is 320 g/mol. The second-order valence-corrected chi connectivity index (χ2v) is 5.16. The maximum absolute atomic E-state index is 11.2. The summed E-state index contributed by atoms with van der Waals surface area (Å²) in [4.78, 5) is 15.4. The number of aromatic nitrogens is 1. The predicted molar refractivity (Wildman–Crippen MR) is 78.1 cm³/mol. The van der Waals surface area contributed by atoms with Gasteiger partial charge in [0.1, 0.15) is 11.4 Å². The van der Waals surface area contributed by atoms with Crippen molar-refractivity contribution in [2.24, 2.45) is 0 Å². The number of carbonyl (C=O) groups is 1. The van der Waals surface area contributed by atoms with Gasteiger partial charge in [-0.25, -0.2) is 9.78 Å². The average Bonchev–Trinajstić information content (AvgIpc) is 2.35. The van der Waals surface area contributed by atoms with Gasteiger partial charge in [0.2, 0.25) is 0 Å². The third-order valence-electron chi connectivity index (χ3n) is 2.81. The third kappa shape index (κ3) is 2.93. The zero-order chi connectivity index (χ0) is 14.0. The first kappa shape index (κ1) is 13.5. The van der Waals surface area contributed by atoms with Gasteiger partial charge in [0.05, 0.1) is 0 Å². The van der Waals surface area contributed by atoms with Crippen LogP contribution in [0.3, 0.4) is 0 Å². The number of nitrogens with zero attached hydrogens (tertiary/aromatic N) is 1. The first-order valence-corrected chi connectivity index (χ1v) is 6.50. The first-order chi connectivity index (χ1) is 8.99. The molecule has 98 valence electrons. The smallest absolute Gasteiger partial charge is 0.339 e. The standard InChI is InChI=1S/C14H13BrN2O2/c1-8-4-3-5-9(2)12(8)17-13-11(14(18)19)6-10(15)7-16-13/h3-7H,1-2H3,(H,16,17)(H,18,19). The minimum absolute atomic E-state index is 0.136. The first-order valence-electron chi connectivity index (χ1n) is 5.71. The minimum atomic E-state index is -1.01. The van der Waals surface area contributed by atoms with Crippen molar-refractivity contribution in [2.75, 3.05) is 5.32 Å². The molecular formula is C14H13BrN2O2. The number of benzene rings is 1. The van der Waals surface area contributed by atoms with Crippen molar-refractivity contribution in [1.29, 1.82) is 0 Å². The zero-order valence-electron chi connectivity index (χ0n) is 10.6. The molecule has 2 rings (SSSR count). The molecule has 0 saturated carbocycles. The summed E-state index contributed by atoms with van der Waals surface area (Å²) in [6, 6.07) is 7.43. The highest BCUT2D eigenvalue weighted by Gasteiger charge is 2.13. The Hall–Kier alpha value is -1.88. The second kappa shape index (κ2) is 5.40. The van der Waals surface area contributed by atoms with Crippen molar-refractivity contribution in [3.05, 3.63) is 51.6 Å². The van der Waals surface area contributed by atoms with Crippen LogP contribution in [0.25, 0.3) is 0 Å². The molecule has 0 saturated heterocycles. The number of hydrogen-bond acceptors (Lipinski definition) is 3. The second-order valence-electron chi connectivity index (χ2n) is 4.25. The fourth-order valence-electron chi connectivity index (χ4n) is 1.83. The fraction of sp³-hybridized carbons (Fsp3) is 0.143. The van der Waals surface area contributed by atoms with Gasteiger partial charge in [-0.1, -0.05) is 18.2 Å². The van der Waals surface area contributed by atoms with E-state index < -0.39 is 5.97 Å². The molecule has 1 aromatic carbocycles. The number of carboxylic acid groups (broad SMARTS) is 1. The summed E-state index contributed by atoms with van der Waals surface area (Å²) in [6.45, 7) is 3.93. The Morgan fingerprint density at radius 2 is 1.95 bits per heavy atom. The molecule has 0 aliphatic rings. The molecule has 0 amide bonds. The van der Waals surface area contributed by atoms with Crippen LogP contribution in [0.1, 0.15) is 21.5 Å². The number of hydrogen-bond donors (Lipinski definition) is 2. The van der Waals surface area contributed by atoms with Gasteiger partial charge in [-0.05, 0) is 47.0 Å². The van der Waals surface area contributed by atoms with Crippen LogP contribution in [0.4, 0.5) is 11.5 Å². The molecule has 0 unspecified atom stereocenters. The van der Waals surface area contributed by atoms with Gasteiger partial charge in [0.15, 0.2) is 0 Å². The van der Waals surface area contributed by atoms with Gasteiger partial charge in [-0.2, -0.15) is 0 Å². The molecule has 0 spiro atoms. The third-order valence-corrected chi connectivity index (χ3v) is 3.24. The summed E-state index contributed by atoms with van der Waals surface area (Å²) < 4.78 is 0.636. The summed E-state index contributed by atoms with van der Waals surface area (Å²) in [6.07, 6.45) is 1.57. The van der Waals surface area contributed by atoms with E-state index in [1.807, 2.05) is 32.0 Å². The number of nitrogens with one attached hydrogen (secondary N) is 1. The number of pyridine rings is 1. The molecule has 5 heteroatoms. The molecule has 0 fully saturated rings. The molecule has 2 aromatic rings. The maximum Gasteiger partial charge on any atom is 0.339 e. The Labute approximate surface area is 119 Å². The van der Waals surface area contributed by atoms with Gasteiger partial charge in [-0.15, -0.1) is 0 Å². The van der Waals surface area contributed by atoms with Crippen molar-refractivity contribution in [3.63, 3.8) is 0 Å². The van der Waals surface area contributed by atoms with Crippen LogP contribution >= 0.6 is 15.9 Å². The molecule has 1 heterocycles. The topological polar surface area (TPSA) is 62.2 Å². The normalized spacial score (nSPS) is 10.3. The summed E-state index contributed by atoms with van der Waals surface area (Å²) in [5.41, 5.74) is 3.11. The van der Waals surface area contributed by atoms with Crippen LogP contribution in [0, 0.1) is 13.8 Å². The number of anilines is 2. The Morgan fingerprint density at radius 1 is 1.32 bits per heavy atom. The SMILES string of the molecule is Cc1cccc(C)c1Nc1ncc(Br)cc1C(=O)O. The molecule has 1 aromatic heterocycles. The Kier molecular flexibility index (Phi) is 3.85. The molecule has 2 N–H and O–H groups in total. The number of para-hydroxylation sites is 1. The highest BCUT2D eigenvalue weighted by Crippen LogP contribution is 2.26. The molecule has 0 atom stereocenters. The van der Waals surface area contributed by atoms with Gasteiger partial charge >= 0.3 is 5.97 Å². The molecule has 0 aliphatic carbocycles. The molecule has 0 aliphatic heterocycles. The summed E-state index contributed by atoms with van der Waals surface area (Å²) in [5.74, 6) is -0.671. The van der Waals surface area contributed by atoms with Gasteiger partial charge in [-0.3, -0.25) is 0 Å². The van der Waals surface area contributed by atoms with Crippen LogP contribution in [-0.2, 0) is 0 Å². The van der Waals surface area contributed by atoms with Crippen LogP contribution < -0.4 is 5.32 Å². The highest BCUT2D eigenvalue weighted by atomic mass is 79.9. The molecular weight excluding hydrogens is 308 g/mol. The lowest BCUT2D eigenvalue weighted by molar-refractivity contribution is 0.0697. The summed E-state index contributed by atoms with van der Waals surface area (Å²) >= 11 is 3.23. The summed E-state index contributed by atoms with van der Waals surface area (Å²) in [7, 11) is 0. The van der Waals surface area contributed by atoms with E-state index in [4.69, 9.17) is 0 Å². The van der Waals surface area contributed by atoms with E-state index in [0.29, 0.717) is 10.3 Å². The predicted octanol–water partition coefficient (Wildman–Crippen LogP) is 3.90. The van der Waals surface area contributed by atoms with E-state index in [1.54, 1.807) is 6.20 Å². The number of halogens is 1. The lowest BCUT2D eigenvalue weighted by atomic mass is 10.1. The van der Waals surface area contributed by atoms with Crippen molar-refractivity contribution >= 4 is 33.4 Å². The Bertz CT molecular complexity index is 621. The van der Waals surface area contributed by atoms with Crippen molar-refractivity contribution in [1.82, 2.24) is 4.98 Å². The van der Waals surface area contributed by atoms with E-state index in [9.17, 15) is 9.90 Å². The molecule has 19 heavy (non-hydrogen) atoms. The highest BCUT2D eigenvalue weighted by molar-refractivity contribution is 9.10. The number of rotatable bonds is 3. The average molecular weight is 321 g/mol. The Balaban J connectivity index is 2.47. The molecule has 0 bridgehead atoms. The Morgan fingerprint density at radius 3 is 2.53 bits per heavy atom. The quantitative estimate of drug-likeness (QED) is 0.900. The van der Waals surface area contributed by atoms with Crippen LogP contribution in [0.15, 0.2) is 34.9 Å². The van der Waals surface area contributed by atoms with E-state index in [2.05, 4.69) is 26.2 Å². The maximum atomic E-state index is 11.2. The van der Waals surface area contributed by atoms with Gasteiger partial charge in [0.25, 0.3) is 0 Å². The van der Waals surface area contributed by atoms with E-state index >= 15 is 0 Å². The van der Waals surface area contributed by atoms with Crippen LogP contribution in [0.5, 0.6) is 0 Å². The van der Waals surface area contributed by atoms with Crippen LogP contribution in [0.2, 0.25) is 0 Å². The van der Waals surface area contributed by atoms with Crippen molar-refractivity contribution < 1.29 is 9.90 Å². The minimum Gasteiger partial charge on any atom is -0.478 e. The number of aryl methyl sites for hydroxylation is 2. The van der Waals surface area contributed by atoms with Crippen LogP contribution in [-0.4, -0.2) is 16.1 Å². The number of aromatic carboxylic acids is 1. The molecule has 4 nitrogen and oxygen atoms in total. The number of carboxylic acids is 1. The molecule has 0 radical (unpaired) electrons. The zero-order valence-corrected chi connectivity index (χ0v) is 12.2. The lowest BCUT2D eigenvalue weighted by Gasteiger charge is -2.13. The lowest BCUT2D eigenvalue weighted by Crippen LogP contribution is -2.06. The van der Waals surface area contributed by atoms with Crippen molar-refractivity contribution in [2.45, 2.75) is 13.8 Å².